The molecule has 1 heterocycles. The molecular weight excluding hydrogens is 242 g/mol. The van der Waals surface area contributed by atoms with Crippen LogP contribution in [0.2, 0.25) is 0 Å². The molecule has 0 radical (unpaired) electrons. The number of rotatable bonds is 3. The summed E-state index contributed by atoms with van der Waals surface area (Å²) in [6.45, 7) is 11.8. The minimum absolute atomic E-state index is 0.0550. The molecule has 0 saturated carbocycles. The molecule has 0 aliphatic rings. The summed E-state index contributed by atoms with van der Waals surface area (Å²) < 4.78 is 0. The van der Waals surface area contributed by atoms with Crippen molar-refractivity contribution >= 4 is 22.8 Å². The Morgan fingerprint density at radius 2 is 1.72 bits per heavy atom. The van der Waals surface area contributed by atoms with E-state index in [2.05, 4.69) is 6.58 Å². The van der Waals surface area contributed by atoms with Crippen LogP contribution >= 0.6 is 11.3 Å². The van der Waals surface area contributed by atoms with Crippen molar-refractivity contribution in [3.63, 3.8) is 0 Å². The molecule has 2 nitrogen and oxygen atoms in total. The Kier molecular flexibility index (Phi) is 7.29. The molecule has 0 atom stereocenters. The van der Waals surface area contributed by atoms with Gasteiger partial charge < -0.3 is 4.90 Å². The number of allylic oxidation sites excluding steroid dienone is 3. The third-order valence-electron chi connectivity index (χ3n) is 2.07. The van der Waals surface area contributed by atoms with Crippen LogP contribution in [-0.2, 0) is 0 Å². The Morgan fingerprint density at radius 1 is 1.22 bits per heavy atom. The predicted octanol–water partition coefficient (Wildman–Crippen LogP) is 4.46. The minimum atomic E-state index is 0.0550. The van der Waals surface area contributed by atoms with Gasteiger partial charge in [-0.1, -0.05) is 32.1 Å². The van der Waals surface area contributed by atoms with Gasteiger partial charge in [0, 0.05) is 19.0 Å². The molecule has 0 unspecified atom stereocenters. The summed E-state index contributed by atoms with van der Waals surface area (Å²) in [4.78, 5) is 15.2. The molecule has 0 saturated heterocycles. The van der Waals surface area contributed by atoms with Crippen molar-refractivity contribution in [2.45, 2.75) is 27.7 Å². The van der Waals surface area contributed by atoms with Crippen LogP contribution in [0.3, 0.4) is 0 Å². The molecular formula is C15H23NOS. The average Bonchev–Trinajstić information content (AvgIpc) is 2.79. The summed E-state index contributed by atoms with van der Waals surface area (Å²) in [6, 6.07) is 3.86. The minimum Gasteiger partial charge on any atom is -0.344 e. The molecule has 100 valence electrons. The summed E-state index contributed by atoms with van der Waals surface area (Å²) in [7, 11) is 3.52. The van der Waals surface area contributed by atoms with E-state index in [1.807, 2.05) is 45.9 Å². The van der Waals surface area contributed by atoms with Gasteiger partial charge in [0.2, 0.25) is 0 Å². The monoisotopic (exact) mass is 265 g/mol. The fourth-order valence-corrected chi connectivity index (χ4v) is 2.32. The van der Waals surface area contributed by atoms with E-state index in [0.717, 1.165) is 20.9 Å². The predicted molar refractivity (Wildman–Crippen MR) is 82.1 cm³/mol. The Hall–Kier alpha value is -1.35. The van der Waals surface area contributed by atoms with Crippen molar-refractivity contribution in [2.24, 2.45) is 0 Å². The topological polar surface area (TPSA) is 20.3 Å². The number of carbonyl (C=O) groups is 1. The van der Waals surface area contributed by atoms with E-state index < -0.39 is 0 Å². The number of carbonyl (C=O) groups excluding carboxylic acids is 1. The lowest BCUT2D eigenvalue weighted by atomic mass is 10.2. The van der Waals surface area contributed by atoms with Crippen LogP contribution in [0.15, 0.2) is 30.4 Å². The van der Waals surface area contributed by atoms with Crippen molar-refractivity contribution in [2.75, 3.05) is 14.1 Å². The Balaban J connectivity index is 0.00000137. The maximum atomic E-state index is 11.7. The van der Waals surface area contributed by atoms with E-state index in [1.54, 1.807) is 19.0 Å². The molecule has 3 heteroatoms. The van der Waals surface area contributed by atoms with Gasteiger partial charge in [-0.2, -0.15) is 0 Å². The lowest BCUT2D eigenvalue weighted by Gasteiger charge is -2.07. The van der Waals surface area contributed by atoms with Gasteiger partial charge in [0.05, 0.1) is 4.88 Å². The van der Waals surface area contributed by atoms with Crippen molar-refractivity contribution in [1.29, 1.82) is 0 Å². The summed E-state index contributed by atoms with van der Waals surface area (Å²) in [5, 5.41) is 0. The molecule has 0 bridgehead atoms. The molecule has 18 heavy (non-hydrogen) atoms. The lowest BCUT2D eigenvalue weighted by Crippen LogP contribution is -2.20. The first-order chi connectivity index (χ1) is 8.41. The summed E-state index contributed by atoms with van der Waals surface area (Å²) in [5.74, 6) is 0.0550. The molecule has 1 amide bonds. The van der Waals surface area contributed by atoms with Gasteiger partial charge in [0.1, 0.15) is 0 Å². The largest absolute Gasteiger partial charge is 0.344 e. The van der Waals surface area contributed by atoms with Gasteiger partial charge in [0.15, 0.2) is 0 Å². The molecule has 1 aromatic heterocycles. The van der Waals surface area contributed by atoms with Gasteiger partial charge in [-0.3, -0.25) is 4.79 Å². The second kappa shape index (κ2) is 7.88. The van der Waals surface area contributed by atoms with Crippen molar-refractivity contribution in [3.05, 3.63) is 40.1 Å². The van der Waals surface area contributed by atoms with Crippen LogP contribution < -0.4 is 0 Å². The van der Waals surface area contributed by atoms with Crippen molar-refractivity contribution in [1.82, 2.24) is 4.90 Å². The van der Waals surface area contributed by atoms with Gasteiger partial charge >= 0.3 is 0 Å². The SMILES string of the molecule is C=C(C)/C=C(\C)c1ccc(C(=O)N(C)C)s1.CC. The highest BCUT2D eigenvalue weighted by molar-refractivity contribution is 7.15. The zero-order valence-corrected chi connectivity index (χ0v) is 13.0. The zero-order chi connectivity index (χ0) is 14.3. The fourth-order valence-electron chi connectivity index (χ4n) is 1.33. The third-order valence-corrected chi connectivity index (χ3v) is 3.28. The smallest absolute Gasteiger partial charge is 0.263 e. The first-order valence-electron chi connectivity index (χ1n) is 6.07. The second-order valence-corrected chi connectivity index (χ2v) is 5.12. The van der Waals surface area contributed by atoms with E-state index in [9.17, 15) is 4.79 Å². The summed E-state index contributed by atoms with van der Waals surface area (Å²) in [5.41, 5.74) is 2.17. The van der Waals surface area contributed by atoms with Crippen LogP contribution in [0, 0.1) is 0 Å². The summed E-state index contributed by atoms with van der Waals surface area (Å²) in [6.07, 6.45) is 2.02. The van der Waals surface area contributed by atoms with Gasteiger partial charge in [0.25, 0.3) is 5.91 Å². The lowest BCUT2D eigenvalue weighted by molar-refractivity contribution is 0.0832. The standard InChI is InChI=1S/C13H17NOS.C2H6/c1-9(2)8-10(3)11-6-7-12(16-11)13(15)14(4)5;1-2/h6-8H,1H2,2-5H3;1-2H3/b10-8+;. The van der Waals surface area contributed by atoms with E-state index >= 15 is 0 Å². The molecule has 0 N–H and O–H groups in total. The van der Waals surface area contributed by atoms with Gasteiger partial charge in [-0.15, -0.1) is 11.3 Å². The highest BCUT2D eigenvalue weighted by Crippen LogP contribution is 2.25. The highest BCUT2D eigenvalue weighted by Gasteiger charge is 2.11. The number of hydrogen-bond donors (Lipinski definition) is 0. The van der Waals surface area contributed by atoms with Gasteiger partial charge in [-0.05, 0) is 31.6 Å². The second-order valence-electron chi connectivity index (χ2n) is 4.04. The van der Waals surface area contributed by atoms with Crippen molar-refractivity contribution in [3.8, 4) is 0 Å². The van der Waals surface area contributed by atoms with Crippen LogP contribution in [0.5, 0.6) is 0 Å². The number of amides is 1. The number of thiophene rings is 1. The zero-order valence-electron chi connectivity index (χ0n) is 12.2. The first kappa shape index (κ1) is 16.6. The van der Waals surface area contributed by atoms with Crippen LogP contribution in [0.1, 0.15) is 42.2 Å². The van der Waals surface area contributed by atoms with Crippen molar-refractivity contribution < 1.29 is 4.79 Å². The Bertz CT molecular complexity index is 441. The fraction of sp³-hybridized carbons (Fsp3) is 0.400. The first-order valence-corrected chi connectivity index (χ1v) is 6.89. The molecule has 1 rings (SSSR count). The molecule has 0 aliphatic heterocycles. The van der Waals surface area contributed by atoms with Gasteiger partial charge in [-0.25, -0.2) is 0 Å². The maximum absolute atomic E-state index is 11.7. The molecule has 0 fully saturated rings. The Morgan fingerprint density at radius 3 is 2.17 bits per heavy atom. The Labute approximate surface area is 115 Å². The maximum Gasteiger partial charge on any atom is 0.263 e. The van der Waals surface area contributed by atoms with E-state index in [4.69, 9.17) is 0 Å². The van der Waals surface area contributed by atoms with Crippen LogP contribution in [0.4, 0.5) is 0 Å². The van der Waals surface area contributed by atoms with Crippen LogP contribution in [0.25, 0.3) is 5.57 Å². The molecule has 0 aliphatic carbocycles. The normalized spacial score (nSPS) is 10.4. The van der Waals surface area contributed by atoms with E-state index in [-0.39, 0.29) is 5.91 Å². The quantitative estimate of drug-likeness (QED) is 0.739. The van der Waals surface area contributed by atoms with Crippen LogP contribution in [-0.4, -0.2) is 24.9 Å². The number of nitrogens with zero attached hydrogens (tertiary/aromatic N) is 1. The molecule has 0 aromatic carbocycles. The average molecular weight is 265 g/mol. The van der Waals surface area contributed by atoms with E-state index in [1.165, 1.54) is 11.3 Å². The third kappa shape index (κ3) is 4.88. The van der Waals surface area contributed by atoms with E-state index in [0.29, 0.717) is 0 Å². The number of hydrogen-bond acceptors (Lipinski definition) is 2. The molecule has 0 spiro atoms. The highest BCUT2D eigenvalue weighted by atomic mass is 32.1. The molecule has 1 aromatic rings. The summed E-state index contributed by atoms with van der Waals surface area (Å²) >= 11 is 1.52.